The van der Waals surface area contributed by atoms with Gasteiger partial charge in [0.1, 0.15) is 18.2 Å². The summed E-state index contributed by atoms with van der Waals surface area (Å²) in [5.74, 6) is 0.715. The minimum absolute atomic E-state index is 0.0130. The number of ether oxygens (including phenoxy) is 2. The summed E-state index contributed by atoms with van der Waals surface area (Å²) < 4.78 is 11.8. The zero-order valence-corrected chi connectivity index (χ0v) is 20.0. The fourth-order valence-electron chi connectivity index (χ4n) is 3.86. The van der Waals surface area contributed by atoms with Gasteiger partial charge in [-0.3, -0.25) is 9.59 Å². The van der Waals surface area contributed by atoms with Gasteiger partial charge in [-0.05, 0) is 48.6 Å². The molecule has 1 aromatic carbocycles. The molecule has 1 amide bonds. The van der Waals surface area contributed by atoms with Gasteiger partial charge in [0.2, 0.25) is 0 Å². The standard InChI is InChI=1S/C24H23N5O4S/c1-14-15(2)26-28(24(31)17(14)12-25)13-23(30)29-19(11-18(27-29)22-6-5-9-34-22)16-7-8-20(32-3)21(10-16)33-4/h5-10,19H,11,13H2,1-4H3. The molecule has 0 saturated heterocycles. The number of thiophene rings is 1. The normalized spacial score (nSPS) is 15.1. The molecule has 1 atom stereocenters. The number of hydrogen-bond donors (Lipinski definition) is 0. The van der Waals surface area contributed by atoms with Crippen LogP contribution in [-0.2, 0) is 11.3 Å². The molecule has 10 heteroatoms. The van der Waals surface area contributed by atoms with E-state index in [1.54, 1.807) is 45.5 Å². The molecule has 0 saturated carbocycles. The van der Waals surface area contributed by atoms with Gasteiger partial charge in [-0.25, -0.2) is 9.69 Å². The lowest BCUT2D eigenvalue weighted by Crippen LogP contribution is -2.36. The van der Waals surface area contributed by atoms with Gasteiger partial charge in [0.05, 0.1) is 36.5 Å². The van der Waals surface area contributed by atoms with Crippen LogP contribution in [0, 0.1) is 25.2 Å². The van der Waals surface area contributed by atoms with Gasteiger partial charge >= 0.3 is 0 Å². The summed E-state index contributed by atoms with van der Waals surface area (Å²) in [6.45, 7) is 3.03. The molecule has 0 radical (unpaired) electrons. The van der Waals surface area contributed by atoms with Gasteiger partial charge in [0.15, 0.2) is 11.5 Å². The van der Waals surface area contributed by atoms with Crippen molar-refractivity contribution in [2.45, 2.75) is 32.9 Å². The summed E-state index contributed by atoms with van der Waals surface area (Å²) in [5.41, 5.74) is 2.02. The first-order valence-corrected chi connectivity index (χ1v) is 11.4. The third-order valence-corrected chi connectivity index (χ3v) is 6.72. The van der Waals surface area contributed by atoms with Gasteiger partial charge < -0.3 is 9.47 Å². The van der Waals surface area contributed by atoms with E-state index in [4.69, 9.17) is 9.47 Å². The summed E-state index contributed by atoms with van der Waals surface area (Å²) >= 11 is 1.54. The third-order valence-electron chi connectivity index (χ3n) is 5.80. The van der Waals surface area contributed by atoms with E-state index in [0.29, 0.717) is 29.2 Å². The SMILES string of the molecule is COc1ccc(C2CC(c3cccs3)=NN2C(=O)Cn2nc(C)c(C)c(C#N)c2=O)cc1OC. The Kier molecular flexibility index (Phi) is 6.47. The van der Waals surface area contributed by atoms with Crippen molar-refractivity contribution in [3.05, 3.63) is 73.3 Å². The highest BCUT2D eigenvalue weighted by Gasteiger charge is 2.34. The molecule has 0 spiro atoms. The van der Waals surface area contributed by atoms with Gasteiger partial charge in [0, 0.05) is 6.42 Å². The number of hydrazone groups is 1. The van der Waals surface area contributed by atoms with Crippen molar-refractivity contribution in [1.82, 2.24) is 14.8 Å². The molecule has 1 unspecified atom stereocenters. The maximum absolute atomic E-state index is 13.4. The fourth-order valence-corrected chi connectivity index (χ4v) is 4.58. The molecule has 1 aliphatic heterocycles. The van der Waals surface area contributed by atoms with Crippen molar-refractivity contribution in [2.24, 2.45) is 5.10 Å². The number of aromatic nitrogens is 2. The van der Waals surface area contributed by atoms with Crippen LogP contribution in [0.5, 0.6) is 11.5 Å². The van der Waals surface area contributed by atoms with Crippen LogP contribution < -0.4 is 15.0 Å². The summed E-state index contributed by atoms with van der Waals surface area (Å²) in [5, 5.41) is 21.6. The van der Waals surface area contributed by atoms with Gasteiger partial charge in [-0.1, -0.05) is 12.1 Å². The number of methoxy groups -OCH3 is 2. The molecule has 9 nitrogen and oxygen atoms in total. The lowest BCUT2D eigenvalue weighted by molar-refractivity contribution is -0.133. The molecule has 0 N–H and O–H groups in total. The van der Waals surface area contributed by atoms with Gasteiger partial charge in [-0.2, -0.15) is 15.5 Å². The monoisotopic (exact) mass is 477 g/mol. The third kappa shape index (κ3) is 4.18. The number of nitrogens with zero attached hydrogens (tertiary/aromatic N) is 5. The first-order valence-electron chi connectivity index (χ1n) is 10.5. The van der Waals surface area contributed by atoms with E-state index in [1.807, 2.05) is 35.7 Å². The first kappa shape index (κ1) is 23.2. The second kappa shape index (κ2) is 9.49. The van der Waals surface area contributed by atoms with Crippen molar-refractivity contribution in [2.75, 3.05) is 14.2 Å². The van der Waals surface area contributed by atoms with E-state index < -0.39 is 17.5 Å². The molecular weight excluding hydrogens is 454 g/mol. The van der Waals surface area contributed by atoms with E-state index >= 15 is 0 Å². The predicted octanol–water partition coefficient (Wildman–Crippen LogP) is 3.19. The fraction of sp³-hybridized carbons (Fsp3) is 0.292. The highest BCUT2D eigenvalue weighted by molar-refractivity contribution is 7.12. The van der Waals surface area contributed by atoms with E-state index in [9.17, 15) is 14.9 Å². The first-order chi connectivity index (χ1) is 16.4. The molecule has 0 fully saturated rings. The molecule has 3 aromatic rings. The van der Waals surface area contributed by atoms with Crippen LogP contribution in [0.4, 0.5) is 0 Å². The van der Waals surface area contributed by atoms with Gasteiger partial charge in [0.25, 0.3) is 11.5 Å². The maximum atomic E-state index is 13.4. The number of carbonyl (C=O) groups excluding carboxylic acids is 1. The Hall–Kier alpha value is -3.97. The Bertz CT molecular complexity index is 1370. The van der Waals surface area contributed by atoms with Crippen LogP contribution in [0.1, 0.15) is 39.7 Å². The van der Waals surface area contributed by atoms with E-state index in [-0.39, 0.29) is 12.1 Å². The Balaban J connectivity index is 1.72. The average Bonchev–Trinajstić information content (AvgIpc) is 3.52. The average molecular weight is 478 g/mol. The summed E-state index contributed by atoms with van der Waals surface area (Å²) in [6, 6.07) is 10.9. The Morgan fingerprint density at radius 1 is 1.24 bits per heavy atom. The summed E-state index contributed by atoms with van der Waals surface area (Å²) in [4.78, 5) is 27.1. The molecule has 4 rings (SSSR count). The quantitative estimate of drug-likeness (QED) is 0.539. The molecule has 3 heterocycles. The van der Waals surface area contributed by atoms with Crippen LogP contribution >= 0.6 is 11.3 Å². The van der Waals surface area contributed by atoms with Crippen molar-refractivity contribution < 1.29 is 14.3 Å². The number of rotatable bonds is 6. The Morgan fingerprint density at radius 3 is 2.65 bits per heavy atom. The summed E-state index contributed by atoms with van der Waals surface area (Å²) in [6.07, 6.45) is 0.500. The minimum Gasteiger partial charge on any atom is -0.493 e. The number of amides is 1. The molecule has 1 aliphatic rings. The predicted molar refractivity (Wildman–Crippen MR) is 127 cm³/mol. The number of aryl methyl sites for hydroxylation is 1. The second-order valence-corrected chi connectivity index (χ2v) is 8.70. The lowest BCUT2D eigenvalue weighted by Gasteiger charge is -2.23. The molecule has 2 aromatic heterocycles. The molecular formula is C24H23N5O4S. The second-order valence-electron chi connectivity index (χ2n) is 7.76. The number of nitriles is 1. The summed E-state index contributed by atoms with van der Waals surface area (Å²) in [7, 11) is 3.11. The number of hydrogen-bond acceptors (Lipinski definition) is 8. The zero-order valence-electron chi connectivity index (χ0n) is 19.2. The van der Waals surface area contributed by atoms with Crippen LogP contribution in [0.15, 0.2) is 45.6 Å². The highest BCUT2D eigenvalue weighted by Crippen LogP contribution is 2.38. The van der Waals surface area contributed by atoms with Crippen molar-refractivity contribution in [3.8, 4) is 17.6 Å². The van der Waals surface area contributed by atoms with E-state index in [1.165, 1.54) is 5.01 Å². The lowest BCUT2D eigenvalue weighted by atomic mass is 10.0. The van der Waals surface area contributed by atoms with Crippen LogP contribution in [-0.4, -0.2) is 40.6 Å². The molecule has 174 valence electrons. The topological polar surface area (TPSA) is 110 Å². The van der Waals surface area contributed by atoms with Crippen LogP contribution in [0.3, 0.4) is 0 Å². The number of carbonyl (C=O) groups is 1. The minimum atomic E-state index is -0.594. The van der Waals surface area contributed by atoms with Crippen molar-refractivity contribution in [3.63, 3.8) is 0 Å². The smallest absolute Gasteiger partial charge is 0.285 e. The zero-order chi connectivity index (χ0) is 24.4. The Labute approximate surface area is 200 Å². The van der Waals surface area contributed by atoms with Crippen molar-refractivity contribution in [1.29, 1.82) is 5.26 Å². The maximum Gasteiger partial charge on any atom is 0.285 e. The van der Waals surface area contributed by atoms with Crippen molar-refractivity contribution >= 4 is 23.0 Å². The van der Waals surface area contributed by atoms with E-state index in [2.05, 4.69) is 10.2 Å². The van der Waals surface area contributed by atoms with Crippen LogP contribution in [0.2, 0.25) is 0 Å². The largest absolute Gasteiger partial charge is 0.493 e. The molecule has 0 aliphatic carbocycles. The Morgan fingerprint density at radius 2 is 2.00 bits per heavy atom. The molecule has 0 bridgehead atoms. The van der Waals surface area contributed by atoms with Gasteiger partial charge in [-0.15, -0.1) is 11.3 Å². The van der Waals surface area contributed by atoms with E-state index in [0.717, 1.165) is 20.8 Å². The highest BCUT2D eigenvalue weighted by atomic mass is 32.1. The molecule has 34 heavy (non-hydrogen) atoms. The van der Waals surface area contributed by atoms with Crippen LogP contribution in [0.25, 0.3) is 0 Å². The number of benzene rings is 1.